The summed E-state index contributed by atoms with van der Waals surface area (Å²) < 4.78 is 6.94. The Morgan fingerprint density at radius 1 is 1.35 bits per heavy atom. The number of carbonyl (C=O) groups excluding carboxylic acids is 1. The highest BCUT2D eigenvalue weighted by Crippen LogP contribution is 2.21. The molecule has 0 aliphatic heterocycles. The molecule has 0 fully saturated rings. The number of benzene rings is 1. The lowest BCUT2D eigenvalue weighted by molar-refractivity contribution is -0.116. The molecule has 1 aromatic carbocycles. The number of thiophene rings is 1. The Hall–Kier alpha value is -2.67. The van der Waals surface area contributed by atoms with Crippen LogP contribution < -0.4 is 10.1 Å². The highest BCUT2D eigenvalue weighted by molar-refractivity contribution is 7.13. The lowest BCUT2D eigenvalue weighted by Gasteiger charge is -2.07. The Morgan fingerprint density at radius 3 is 3.04 bits per heavy atom. The predicted octanol–water partition coefficient (Wildman–Crippen LogP) is 3.04. The minimum Gasteiger partial charge on any atom is -0.494 e. The molecule has 0 saturated heterocycles. The van der Waals surface area contributed by atoms with Crippen LogP contribution in [-0.4, -0.2) is 27.5 Å². The van der Waals surface area contributed by atoms with Crippen LogP contribution in [0.4, 0.5) is 5.69 Å². The highest BCUT2D eigenvalue weighted by atomic mass is 32.1. The van der Waals surface area contributed by atoms with Gasteiger partial charge in [0, 0.05) is 11.8 Å². The molecule has 0 unspecified atom stereocenters. The normalized spacial score (nSPS) is 10.5. The quantitative estimate of drug-likeness (QED) is 0.755. The van der Waals surface area contributed by atoms with Gasteiger partial charge in [0.15, 0.2) is 0 Å². The van der Waals surface area contributed by atoms with Crippen molar-refractivity contribution in [3.8, 4) is 16.3 Å². The fourth-order valence-corrected chi connectivity index (χ4v) is 2.77. The van der Waals surface area contributed by atoms with Gasteiger partial charge in [0.2, 0.25) is 5.91 Å². The van der Waals surface area contributed by atoms with E-state index in [1.54, 1.807) is 23.6 Å². The average Bonchev–Trinajstić information content (AvgIpc) is 3.18. The maximum absolute atomic E-state index is 12.1. The van der Waals surface area contributed by atoms with E-state index in [9.17, 15) is 4.79 Å². The fourth-order valence-electron chi connectivity index (χ4n) is 2.09. The number of amides is 1. The standard InChI is InChI=1S/C16H16N4O2S/c1-2-22-13-6-3-5-12(9-13)17-16(21)11-20-10-14(18-19-20)15-7-4-8-23-15/h3-10H,2,11H2,1H3,(H,17,21). The van der Waals surface area contributed by atoms with Crippen LogP contribution in [0.3, 0.4) is 0 Å². The summed E-state index contributed by atoms with van der Waals surface area (Å²) in [4.78, 5) is 13.1. The molecule has 23 heavy (non-hydrogen) atoms. The number of rotatable bonds is 6. The molecule has 6 nitrogen and oxygen atoms in total. The molecule has 0 aliphatic carbocycles. The first-order valence-corrected chi connectivity index (χ1v) is 8.09. The molecular weight excluding hydrogens is 312 g/mol. The van der Waals surface area contributed by atoms with E-state index in [1.807, 2.05) is 42.6 Å². The summed E-state index contributed by atoms with van der Waals surface area (Å²) >= 11 is 1.59. The molecule has 3 rings (SSSR count). The van der Waals surface area contributed by atoms with E-state index in [2.05, 4.69) is 15.6 Å². The van der Waals surface area contributed by atoms with Gasteiger partial charge in [-0.05, 0) is 30.5 Å². The monoisotopic (exact) mass is 328 g/mol. The van der Waals surface area contributed by atoms with Crippen molar-refractivity contribution in [2.45, 2.75) is 13.5 Å². The third-order valence-corrected chi connectivity index (χ3v) is 3.94. The first kappa shape index (κ1) is 15.2. The van der Waals surface area contributed by atoms with Crippen molar-refractivity contribution in [2.75, 3.05) is 11.9 Å². The Bertz CT molecular complexity index is 783. The highest BCUT2D eigenvalue weighted by Gasteiger charge is 2.09. The largest absolute Gasteiger partial charge is 0.494 e. The molecule has 2 aromatic heterocycles. The minimum atomic E-state index is -0.165. The second kappa shape index (κ2) is 7.06. The molecule has 0 spiro atoms. The first-order chi connectivity index (χ1) is 11.2. The van der Waals surface area contributed by atoms with E-state index in [1.165, 1.54) is 4.68 Å². The molecular formula is C16H16N4O2S. The first-order valence-electron chi connectivity index (χ1n) is 7.21. The summed E-state index contributed by atoms with van der Waals surface area (Å²) in [7, 11) is 0. The number of hydrogen-bond acceptors (Lipinski definition) is 5. The van der Waals surface area contributed by atoms with Crippen molar-refractivity contribution in [3.05, 3.63) is 48.0 Å². The summed E-state index contributed by atoms with van der Waals surface area (Å²) in [5.41, 5.74) is 1.46. The molecule has 0 atom stereocenters. The molecule has 1 amide bonds. The zero-order valence-corrected chi connectivity index (χ0v) is 13.4. The predicted molar refractivity (Wildman–Crippen MR) is 89.6 cm³/mol. The number of anilines is 1. The van der Waals surface area contributed by atoms with Crippen LogP contribution >= 0.6 is 11.3 Å². The zero-order valence-electron chi connectivity index (χ0n) is 12.6. The molecule has 1 N–H and O–H groups in total. The van der Waals surface area contributed by atoms with Gasteiger partial charge >= 0.3 is 0 Å². The third kappa shape index (κ3) is 3.95. The third-order valence-electron chi connectivity index (χ3n) is 3.05. The van der Waals surface area contributed by atoms with E-state index >= 15 is 0 Å². The van der Waals surface area contributed by atoms with E-state index in [4.69, 9.17) is 4.74 Å². The lowest BCUT2D eigenvalue weighted by atomic mass is 10.3. The van der Waals surface area contributed by atoms with Gasteiger partial charge in [-0.25, -0.2) is 4.68 Å². The molecule has 0 radical (unpaired) electrons. The molecule has 7 heteroatoms. The van der Waals surface area contributed by atoms with Gasteiger partial charge in [-0.1, -0.05) is 17.3 Å². The Morgan fingerprint density at radius 2 is 2.26 bits per heavy atom. The number of hydrogen-bond donors (Lipinski definition) is 1. The van der Waals surface area contributed by atoms with E-state index in [0.717, 1.165) is 16.3 Å². The van der Waals surface area contributed by atoms with E-state index < -0.39 is 0 Å². The number of carbonyl (C=O) groups is 1. The van der Waals surface area contributed by atoms with Crippen molar-refractivity contribution < 1.29 is 9.53 Å². The van der Waals surface area contributed by atoms with Crippen molar-refractivity contribution in [2.24, 2.45) is 0 Å². The fraction of sp³-hybridized carbons (Fsp3) is 0.188. The molecule has 118 valence electrons. The molecule has 3 aromatic rings. The molecule has 2 heterocycles. The van der Waals surface area contributed by atoms with Crippen LogP contribution in [0.2, 0.25) is 0 Å². The van der Waals surface area contributed by atoms with E-state index in [0.29, 0.717) is 12.3 Å². The van der Waals surface area contributed by atoms with Crippen LogP contribution in [-0.2, 0) is 11.3 Å². The maximum Gasteiger partial charge on any atom is 0.246 e. The van der Waals surface area contributed by atoms with Crippen molar-refractivity contribution in [3.63, 3.8) is 0 Å². The SMILES string of the molecule is CCOc1cccc(NC(=O)Cn2cc(-c3cccs3)nn2)c1. The van der Waals surface area contributed by atoms with Crippen LogP contribution in [0.25, 0.3) is 10.6 Å². The van der Waals surface area contributed by atoms with Crippen LogP contribution in [0.15, 0.2) is 48.0 Å². The van der Waals surface area contributed by atoms with Gasteiger partial charge in [0.25, 0.3) is 0 Å². The molecule has 0 bridgehead atoms. The number of nitrogens with zero attached hydrogens (tertiary/aromatic N) is 3. The summed E-state index contributed by atoms with van der Waals surface area (Å²) in [6.45, 7) is 2.61. The smallest absolute Gasteiger partial charge is 0.246 e. The summed E-state index contributed by atoms with van der Waals surface area (Å²) in [6, 6.07) is 11.2. The Labute approximate surface area is 137 Å². The minimum absolute atomic E-state index is 0.108. The van der Waals surface area contributed by atoms with E-state index in [-0.39, 0.29) is 12.5 Å². The zero-order chi connectivity index (χ0) is 16.1. The lowest BCUT2D eigenvalue weighted by Crippen LogP contribution is -2.19. The van der Waals surface area contributed by atoms with Gasteiger partial charge in [0.05, 0.1) is 17.7 Å². The number of nitrogens with one attached hydrogen (secondary N) is 1. The van der Waals surface area contributed by atoms with Gasteiger partial charge in [-0.2, -0.15) is 0 Å². The summed E-state index contributed by atoms with van der Waals surface area (Å²) in [5, 5.41) is 12.9. The number of ether oxygens (including phenoxy) is 1. The van der Waals surface area contributed by atoms with Crippen molar-refractivity contribution in [1.82, 2.24) is 15.0 Å². The Kier molecular flexibility index (Phi) is 4.68. The number of aromatic nitrogens is 3. The molecule has 0 aliphatic rings. The van der Waals surface area contributed by atoms with Crippen LogP contribution in [0.1, 0.15) is 6.92 Å². The second-order valence-electron chi connectivity index (χ2n) is 4.79. The topological polar surface area (TPSA) is 69.0 Å². The van der Waals surface area contributed by atoms with Gasteiger partial charge in [-0.3, -0.25) is 4.79 Å². The van der Waals surface area contributed by atoms with Crippen LogP contribution in [0.5, 0.6) is 5.75 Å². The molecule has 0 saturated carbocycles. The van der Waals surface area contributed by atoms with Crippen molar-refractivity contribution in [1.29, 1.82) is 0 Å². The summed E-state index contributed by atoms with van der Waals surface area (Å²) in [5.74, 6) is 0.562. The van der Waals surface area contributed by atoms with Gasteiger partial charge < -0.3 is 10.1 Å². The maximum atomic E-state index is 12.1. The Balaban J connectivity index is 1.62. The van der Waals surface area contributed by atoms with Gasteiger partial charge in [-0.15, -0.1) is 16.4 Å². The second-order valence-corrected chi connectivity index (χ2v) is 5.74. The van der Waals surface area contributed by atoms with Crippen molar-refractivity contribution >= 4 is 22.9 Å². The average molecular weight is 328 g/mol. The summed E-state index contributed by atoms with van der Waals surface area (Å²) in [6.07, 6.45) is 1.77. The van der Waals surface area contributed by atoms with Crippen LogP contribution in [0, 0.1) is 0 Å². The van der Waals surface area contributed by atoms with Gasteiger partial charge in [0.1, 0.15) is 18.0 Å².